The Bertz CT molecular complexity index is 925. The lowest BCUT2D eigenvalue weighted by Gasteiger charge is -2.33. The van der Waals surface area contributed by atoms with E-state index in [0.717, 1.165) is 5.56 Å². The predicted molar refractivity (Wildman–Crippen MR) is 129 cm³/mol. The Hall–Kier alpha value is -4.06. The SMILES string of the molecule is CCOC(=O)CN1CCN(C(=O)/C=C/c2cc(OC)c(OC)c(OC)c2)CC1.O=C(O)/C=C/C(=O)O. The first-order chi connectivity index (χ1) is 17.1. The Morgan fingerprint density at radius 1 is 0.861 bits per heavy atom. The third kappa shape index (κ3) is 10.5. The molecule has 12 nitrogen and oxygen atoms in total. The Kier molecular flexibility index (Phi) is 13.1. The second kappa shape index (κ2) is 15.8. The van der Waals surface area contributed by atoms with E-state index in [-0.39, 0.29) is 18.4 Å². The van der Waals surface area contributed by atoms with Crippen LogP contribution >= 0.6 is 0 Å². The average molecular weight is 509 g/mol. The van der Waals surface area contributed by atoms with Crippen molar-refractivity contribution in [3.63, 3.8) is 0 Å². The molecule has 1 heterocycles. The van der Waals surface area contributed by atoms with E-state index < -0.39 is 11.9 Å². The molecule has 12 heteroatoms. The maximum atomic E-state index is 12.5. The van der Waals surface area contributed by atoms with Crippen molar-refractivity contribution in [2.45, 2.75) is 6.92 Å². The van der Waals surface area contributed by atoms with Crippen molar-refractivity contribution in [1.82, 2.24) is 9.80 Å². The van der Waals surface area contributed by atoms with Gasteiger partial charge in [0.1, 0.15) is 0 Å². The Labute approximate surface area is 209 Å². The van der Waals surface area contributed by atoms with Crippen LogP contribution < -0.4 is 14.2 Å². The van der Waals surface area contributed by atoms with Gasteiger partial charge >= 0.3 is 17.9 Å². The molecule has 1 aliphatic rings. The molecule has 0 aliphatic carbocycles. The van der Waals surface area contributed by atoms with Gasteiger partial charge in [-0.15, -0.1) is 0 Å². The molecule has 198 valence electrons. The van der Waals surface area contributed by atoms with Gasteiger partial charge in [-0.2, -0.15) is 0 Å². The van der Waals surface area contributed by atoms with E-state index in [1.54, 1.807) is 51.4 Å². The van der Waals surface area contributed by atoms with Gasteiger partial charge in [-0.05, 0) is 30.7 Å². The fourth-order valence-electron chi connectivity index (χ4n) is 3.13. The van der Waals surface area contributed by atoms with Crippen molar-refractivity contribution in [1.29, 1.82) is 0 Å². The van der Waals surface area contributed by atoms with Gasteiger partial charge in [0.2, 0.25) is 11.7 Å². The van der Waals surface area contributed by atoms with Gasteiger partial charge in [-0.25, -0.2) is 9.59 Å². The summed E-state index contributed by atoms with van der Waals surface area (Å²) >= 11 is 0. The van der Waals surface area contributed by atoms with Crippen LogP contribution in [0.15, 0.2) is 30.4 Å². The molecule has 1 aliphatic heterocycles. The highest BCUT2D eigenvalue weighted by molar-refractivity contribution is 5.92. The molecule has 36 heavy (non-hydrogen) atoms. The highest BCUT2D eigenvalue weighted by Gasteiger charge is 2.21. The first kappa shape index (κ1) is 30.0. The number of hydrogen-bond donors (Lipinski definition) is 2. The normalized spacial score (nSPS) is 13.6. The highest BCUT2D eigenvalue weighted by atomic mass is 16.5. The number of esters is 1. The summed E-state index contributed by atoms with van der Waals surface area (Å²) < 4.78 is 20.9. The number of carbonyl (C=O) groups excluding carboxylic acids is 2. The summed E-state index contributed by atoms with van der Waals surface area (Å²) in [4.78, 5) is 46.9. The zero-order valence-corrected chi connectivity index (χ0v) is 20.8. The molecule has 1 amide bonds. The fraction of sp³-hybridized carbons (Fsp3) is 0.417. The smallest absolute Gasteiger partial charge is 0.328 e. The highest BCUT2D eigenvalue weighted by Crippen LogP contribution is 2.38. The van der Waals surface area contributed by atoms with Crippen LogP contribution in [-0.2, 0) is 23.9 Å². The minimum absolute atomic E-state index is 0.0791. The molecular weight excluding hydrogens is 476 g/mol. The predicted octanol–water partition coefficient (Wildman–Crippen LogP) is 1.14. The van der Waals surface area contributed by atoms with E-state index in [4.69, 9.17) is 29.2 Å². The fourth-order valence-corrected chi connectivity index (χ4v) is 3.13. The Balaban J connectivity index is 0.000000697. The number of ether oxygens (including phenoxy) is 4. The van der Waals surface area contributed by atoms with Crippen molar-refractivity contribution >= 4 is 29.9 Å². The molecule has 1 aromatic carbocycles. The van der Waals surface area contributed by atoms with E-state index in [9.17, 15) is 19.2 Å². The van der Waals surface area contributed by atoms with Crippen molar-refractivity contribution in [2.24, 2.45) is 0 Å². The Morgan fingerprint density at radius 3 is 1.81 bits per heavy atom. The zero-order valence-electron chi connectivity index (χ0n) is 20.8. The number of carboxylic acids is 2. The summed E-state index contributed by atoms with van der Waals surface area (Å²) in [6.45, 7) is 4.84. The monoisotopic (exact) mass is 508 g/mol. The second-order valence-corrected chi connectivity index (χ2v) is 7.21. The molecule has 0 aromatic heterocycles. The number of methoxy groups -OCH3 is 3. The van der Waals surface area contributed by atoms with Gasteiger partial charge in [-0.1, -0.05) is 0 Å². The van der Waals surface area contributed by atoms with Crippen LogP contribution in [-0.4, -0.2) is 104 Å². The largest absolute Gasteiger partial charge is 0.493 e. The van der Waals surface area contributed by atoms with E-state index >= 15 is 0 Å². The molecule has 0 bridgehead atoms. The Morgan fingerprint density at radius 2 is 1.39 bits per heavy atom. The number of hydrogen-bond acceptors (Lipinski definition) is 9. The molecule has 2 N–H and O–H groups in total. The van der Waals surface area contributed by atoms with E-state index in [1.807, 2.05) is 4.90 Å². The maximum Gasteiger partial charge on any atom is 0.328 e. The number of aliphatic carboxylic acids is 2. The van der Waals surface area contributed by atoms with Crippen LogP contribution in [0.5, 0.6) is 17.2 Å². The molecule has 1 fully saturated rings. The third-order valence-electron chi connectivity index (χ3n) is 4.82. The molecule has 0 spiro atoms. The van der Waals surface area contributed by atoms with Crippen LogP contribution in [0.2, 0.25) is 0 Å². The topological polar surface area (TPSA) is 152 Å². The summed E-state index contributed by atoms with van der Waals surface area (Å²) in [5, 5.41) is 15.6. The summed E-state index contributed by atoms with van der Waals surface area (Å²) in [5.41, 5.74) is 0.767. The number of amides is 1. The number of carboxylic acid groups (broad SMARTS) is 2. The molecule has 1 saturated heterocycles. The van der Waals surface area contributed by atoms with Gasteiger partial charge in [-0.3, -0.25) is 14.5 Å². The van der Waals surface area contributed by atoms with Crippen LogP contribution in [0.25, 0.3) is 6.08 Å². The molecule has 0 atom stereocenters. The molecular formula is C24H32N2O10. The lowest BCUT2D eigenvalue weighted by molar-refractivity contribution is -0.145. The van der Waals surface area contributed by atoms with Crippen molar-refractivity contribution < 1.29 is 48.3 Å². The lowest BCUT2D eigenvalue weighted by Crippen LogP contribution is -2.49. The van der Waals surface area contributed by atoms with E-state index in [0.29, 0.717) is 62.2 Å². The first-order valence-electron chi connectivity index (χ1n) is 10.9. The summed E-state index contributed by atoms with van der Waals surface area (Å²) in [5.74, 6) is -1.26. The number of piperazine rings is 1. The van der Waals surface area contributed by atoms with Gasteiger partial charge in [0.15, 0.2) is 11.5 Å². The second-order valence-electron chi connectivity index (χ2n) is 7.21. The molecule has 2 rings (SSSR count). The quantitative estimate of drug-likeness (QED) is 0.346. The van der Waals surface area contributed by atoms with Crippen molar-refractivity contribution in [3.8, 4) is 17.2 Å². The summed E-state index contributed by atoms with van der Waals surface area (Å²) in [6.07, 6.45) is 4.37. The van der Waals surface area contributed by atoms with Crippen LogP contribution in [0.3, 0.4) is 0 Å². The van der Waals surface area contributed by atoms with Gasteiger partial charge < -0.3 is 34.1 Å². The van der Waals surface area contributed by atoms with Crippen molar-refractivity contribution in [3.05, 3.63) is 35.9 Å². The lowest BCUT2D eigenvalue weighted by atomic mass is 10.1. The molecule has 0 radical (unpaired) electrons. The van der Waals surface area contributed by atoms with E-state index in [2.05, 4.69) is 0 Å². The van der Waals surface area contributed by atoms with Gasteiger partial charge in [0.05, 0.1) is 34.5 Å². The number of carbonyl (C=O) groups is 4. The minimum atomic E-state index is -1.26. The minimum Gasteiger partial charge on any atom is -0.493 e. The summed E-state index contributed by atoms with van der Waals surface area (Å²) in [7, 11) is 4.64. The van der Waals surface area contributed by atoms with Crippen LogP contribution in [0.4, 0.5) is 0 Å². The maximum absolute atomic E-state index is 12.5. The van der Waals surface area contributed by atoms with Crippen LogP contribution in [0.1, 0.15) is 12.5 Å². The number of rotatable bonds is 10. The average Bonchev–Trinajstić information content (AvgIpc) is 2.86. The first-order valence-corrected chi connectivity index (χ1v) is 10.9. The van der Waals surface area contributed by atoms with Gasteiger partial charge in [0.25, 0.3) is 0 Å². The molecule has 0 saturated carbocycles. The molecule has 0 unspecified atom stereocenters. The molecule has 1 aromatic rings. The standard InChI is InChI=1S/C20H28N2O6.C4H4O4/c1-5-28-19(24)14-21-8-10-22(11-9-21)18(23)7-6-15-12-16(25-2)20(27-4)17(13-15)26-3;5-3(6)1-2-4(7)8/h6-7,12-13H,5,8-11,14H2,1-4H3;1-2H,(H,5,6)(H,7,8)/b7-6+;2-1+. The summed E-state index contributed by atoms with van der Waals surface area (Å²) in [6, 6.07) is 3.56. The zero-order chi connectivity index (χ0) is 27.1. The number of benzene rings is 1. The van der Waals surface area contributed by atoms with Crippen molar-refractivity contribution in [2.75, 3.05) is 60.7 Å². The third-order valence-corrected chi connectivity index (χ3v) is 4.82. The van der Waals surface area contributed by atoms with E-state index in [1.165, 1.54) is 6.08 Å². The van der Waals surface area contributed by atoms with Crippen LogP contribution in [0, 0.1) is 0 Å². The number of nitrogens with zero attached hydrogens (tertiary/aromatic N) is 2. The van der Waals surface area contributed by atoms with Gasteiger partial charge in [0, 0.05) is 44.4 Å².